The van der Waals surface area contributed by atoms with Crippen LogP contribution in [0.5, 0.6) is 0 Å². The molecule has 0 saturated heterocycles. The molecule has 0 amide bonds. The number of nitrogens with zero attached hydrogens (tertiary/aromatic N) is 1. The van der Waals surface area contributed by atoms with E-state index in [1.807, 2.05) is 0 Å². The normalized spacial score (nSPS) is 14.2. The van der Waals surface area contributed by atoms with Gasteiger partial charge in [0.1, 0.15) is 0 Å². The van der Waals surface area contributed by atoms with Crippen LogP contribution in [0.4, 0.5) is 0 Å². The maximum absolute atomic E-state index is 4.82. The highest BCUT2D eigenvalue weighted by molar-refractivity contribution is 5.78. The molecule has 0 saturated carbocycles. The molecule has 1 N–H and O–H groups in total. The van der Waals surface area contributed by atoms with E-state index in [0.717, 1.165) is 17.9 Å². The molecule has 114 valence electrons. The lowest BCUT2D eigenvalue weighted by Gasteiger charge is -2.26. The predicted molar refractivity (Wildman–Crippen MR) is 91.6 cm³/mol. The van der Waals surface area contributed by atoms with Gasteiger partial charge in [0.05, 0.1) is 5.52 Å². The smallest absolute Gasteiger partial charge is 0.0705 e. The Morgan fingerprint density at radius 3 is 2.62 bits per heavy atom. The van der Waals surface area contributed by atoms with Crippen LogP contribution in [0.25, 0.3) is 10.9 Å². The number of likely N-dealkylation sites (N-methyl/N-ethyl adjacent to an activating group) is 1. The van der Waals surface area contributed by atoms with E-state index < -0.39 is 0 Å². The van der Waals surface area contributed by atoms with Crippen molar-refractivity contribution in [3.8, 4) is 0 Å². The molecule has 1 aromatic carbocycles. The number of pyridine rings is 1. The number of benzene rings is 1. The van der Waals surface area contributed by atoms with Crippen LogP contribution < -0.4 is 5.32 Å². The van der Waals surface area contributed by atoms with Crippen LogP contribution in [-0.4, -0.2) is 18.1 Å². The highest BCUT2D eigenvalue weighted by atomic mass is 14.9. The monoisotopic (exact) mass is 284 g/mol. The van der Waals surface area contributed by atoms with Gasteiger partial charge in [-0.2, -0.15) is 0 Å². The third-order valence-electron chi connectivity index (χ3n) is 4.48. The molecule has 2 nitrogen and oxygen atoms in total. The summed E-state index contributed by atoms with van der Waals surface area (Å²) in [5.41, 5.74) is 2.30. The lowest BCUT2D eigenvalue weighted by molar-refractivity contribution is 0.329. The average Bonchev–Trinajstić information content (AvgIpc) is 2.54. The van der Waals surface area contributed by atoms with E-state index in [2.05, 4.69) is 62.6 Å². The van der Waals surface area contributed by atoms with Gasteiger partial charge in [0.15, 0.2) is 0 Å². The van der Waals surface area contributed by atoms with Gasteiger partial charge < -0.3 is 5.32 Å². The van der Waals surface area contributed by atoms with Crippen molar-refractivity contribution in [2.45, 2.75) is 52.0 Å². The van der Waals surface area contributed by atoms with Crippen LogP contribution in [0.3, 0.4) is 0 Å². The van der Waals surface area contributed by atoms with Gasteiger partial charge in [-0.3, -0.25) is 4.98 Å². The van der Waals surface area contributed by atoms with Crippen LogP contribution in [-0.2, 0) is 6.42 Å². The minimum Gasteiger partial charge on any atom is -0.316 e. The van der Waals surface area contributed by atoms with Crippen LogP contribution in [0.15, 0.2) is 36.4 Å². The summed E-state index contributed by atoms with van der Waals surface area (Å²) in [6.45, 7) is 4.57. The van der Waals surface area contributed by atoms with E-state index in [9.17, 15) is 0 Å². The number of aromatic nitrogens is 1. The Labute approximate surface area is 129 Å². The van der Waals surface area contributed by atoms with Gasteiger partial charge in [0.2, 0.25) is 0 Å². The van der Waals surface area contributed by atoms with Crippen molar-refractivity contribution < 1.29 is 0 Å². The Balaban J connectivity index is 2.11. The van der Waals surface area contributed by atoms with Crippen LogP contribution in [0.2, 0.25) is 0 Å². The molecule has 0 spiro atoms. The minimum atomic E-state index is 0.523. The number of para-hydroxylation sites is 1. The van der Waals surface area contributed by atoms with E-state index in [1.165, 1.54) is 36.8 Å². The molecule has 1 aromatic heterocycles. The van der Waals surface area contributed by atoms with Gasteiger partial charge >= 0.3 is 0 Å². The quantitative estimate of drug-likeness (QED) is 0.767. The Bertz CT molecular complexity index is 550. The molecule has 2 unspecified atom stereocenters. The van der Waals surface area contributed by atoms with Gasteiger partial charge in [0, 0.05) is 23.5 Å². The lowest BCUT2D eigenvalue weighted by Crippen LogP contribution is -2.35. The molecule has 2 atom stereocenters. The maximum atomic E-state index is 4.82. The molecule has 0 bridgehead atoms. The second-order valence-electron chi connectivity index (χ2n) is 5.91. The first-order chi connectivity index (χ1) is 10.3. The van der Waals surface area contributed by atoms with E-state index in [-0.39, 0.29) is 0 Å². The first kappa shape index (κ1) is 16.0. The fourth-order valence-electron chi connectivity index (χ4n) is 3.11. The molecule has 1 heterocycles. The highest BCUT2D eigenvalue weighted by Crippen LogP contribution is 2.20. The molecule has 2 aromatic rings. The fraction of sp³-hybridized carbons (Fsp3) is 0.526. The standard InChI is InChI=1S/C19H28N2/c1-4-6-9-15(5-2)19(20-3)14-17-13-12-16-10-7-8-11-18(16)21-17/h7-8,10-13,15,19-20H,4-6,9,14H2,1-3H3. The number of rotatable bonds is 8. The summed E-state index contributed by atoms with van der Waals surface area (Å²) in [5, 5.41) is 4.74. The van der Waals surface area contributed by atoms with Crippen molar-refractivity contribution in [2.24, 2.45) is 5.92 Å². The summed E-state index contributed by atoms with van der Waals surface area (Å²) < 4.78 is 0. The largest absolute Gasteiger partial charge is 0.316 e. The van der Waals surface area contributed by atoms with Crippen molar-refractivity contribution >= 4 is 10.9 Å². The van der Waals surface area contributed by atoms with Gasteiger partial charge in [0.25, 0.3) is 0 Å². The highest BCUT2D eigenvalue weighted by Gasteiger charge is 2.18. The summed E-state index contributed by atoms with van der Waals surface area (Å²) in [4.78, 5) is 4.82. The zero-order chi connectivity index (χ0) is 15.1. The van der Waals surface area contributed by atoms with Crippen molar-refractivity contribution in [3.05, 3.63) is 42.1 Å². The van der Waals surface area contributed by atoms with Gasteiger partial charge in [-0.15, -0.1) is 0 Å². The molecule has 21 heavy (non-hydrogen) atoms. The van der Waals surface area contributed by atoms with Crippen molar-refractivity contribution in [2.75, 3.05) is 7.05 Å². The summed E-state index contributed by atoms with van der Waals surface area (Å²) in [6, 6.07) is 13.2. The molecule has 0 aliphatic heterocycles. The van der Waals surface area contributed by atoms with Crippen LogP contribution >= 0.6 is 0 Å². The molecule has 0 aliphatic rings. The van der Waals surface area contributed by atoms with Crippen LogP contribution in [0, 0.1) is 5.92 Å². The summed E-state index contributed by atoms with van der Waals surface area (Å²) in [6.07, 6.45) is 6.16. The first-order valence-electron chi connectivity index (χ1n) is 8.30. The van der Waals surface area contributed by atoms with E-state index >= 15 is 0 Å². The number of hydrogen-bond acceptors (Lipinski definition) is 2. The lowest BCUT2D eigenvalue weighted by atomic mass is 9.88. The van der Waals surface area contributed by atoms with Crippen molar-refractivity contribution in [1.29, 1.82) is 0 Å². The third kappa shape index (κ3) is 4.28. The second-order valence-corrected chi connectivity index (χ2v) is 5.91. The minimum absolute atomic E-state index is 0.523. The number of unbranched alkanes of at least 4 members (excludes halogenated alkanes) is 1. The Kier molecular flexibility index (Phi) is 6.19. The Morgan fingerprint density at radius 2 is 1.90 bits per heavy atom. The Morgan fingerprint density at radius 1 is 1.10 bits per heavy atom. The van der Waals surface area contributed by atoms with E-state index in [4.69, 9.17) is 4.98 Å². The summed E-state index contributed by atoms with van der Waals surface area (Å²) >= 11 is 0. The molecular formula is C19H28N2. The topological polar surface area (TPSA) is 24.9 Å². The summed E-state index contributed by atoms with van der Waals surface area (Å²) in [7, 11) is 2.08. The second kappa shape index (κ2) is 8.14. The van der Waals surface area contributed by atoms with E-state index in [1.54, 1.807) is 0 Å². The van der Waals surface area contributed by atoms with Crippen molar-refractivity contribution in [1.82, 2.24) is 10.3 Å². The molecule has 2 rings (SSSR count). The third-order valence-corrected chi connectivity index (χ3v) is 4.48. The number of fused-ring (bicyclic) bond motifs is 1. The van der Waals surface area contributed by atoms with E-state index in [0.29, 0.717) is 6.04 Å². The predicted octanol–water partition coefficient (Wildman–Crippen LogP) is 4.58. The zero-order valence-electron chi connectivity index (χ0n) is 13.6. The molecule has 0 fully saturated rings. The van der Waals surface area contributed by atoms with Crippen LogP contribution in [0.1, 0.15) is 45.2 Å². The van der Waals surface area contributed by atoms with Gasteiger partial charge in [-0.05, 0) is 31.5 Å². The van der Waals surface area contributed by atoms with Gasteiger partial charge in [-0.1, -0.05) is 57.4 Å². The molecule has 0 radical (unpaired) electrons. The van der Waals surface area contributed by atoms with Gasteiger partial charge in [-0.25, -0.2) is 0 Å². The number of nitrogens with one attached hydrogen (secondary N) is 1. The fourth-order valence-corrected chi connectivity index (χ4v) is 3.11. The Hall–Kier alpha value is -1.41. The first-order valence-corrected chi connectivity index (χ1v) is 8.30. The zero-order valence-corrected chi connectivity index (χ0v) is 13.6. The molecule has 2 heteroatoms. The SMILES string of the molecule is CCCCC(CC)C(Cc1ccc2ccccc2n1)NC. The number of hydrogen-bond donors (Lipinski definition) is 1. The maximum Gasteiger partial charge on any atom is 0.0705 e. The summed E-state index contributed by atoms with van der Waals surface area (Å²) in [5.74, 6) is 0.739. The molecule has 0 aliphatic carbocycles. The van der Waals surface area contributed by atoms with Crippen molar-refractivity contribution in [3.63, 3.8) is 0 Å². The average molecular weight is 284 g/mol. The molecular weight excluding hydrogens is 256 g/mol.